The second-order valence-corrected chi connectivity index (χ2v) is 9.35. The lowest BCUT2D eigenvalue weighted by Gasteiger charge is -2.34. The van der Waals surface area contributed by atoms with Crippen LogP contribution in [0.1, 0.15) is 16.3 Å². The minimum absolute atomic E-state index is 0.117. The van der Waals surface area contributed by atoms with Gasteiger partial charge in [-0.3, -0.25) is 9.69 Å². The van der Waals surface area contributed by atoms with E-state index in [1.54, 1.807) is 18.4 Å². The maximum Gasteiger partial charge on any atom is 0.237 e. The number of hydrogen-bond acceptors (Lipinski definition) is 7. The molecule has 0 unspecified atom stereocenters. The average molecular weight is 474 g/mol. The first-order valence-corrected chi connectivity index (χ1v) is 12.2. The molecule has 1 aliphatic heterocycles. The average Bonchev–Trinajstić information content (AvgIpc) is 3.38. The summed E-state index contributed by atoms with van der Waals surface area (Å²) in [6.07, 6.45) is 0. The minimum atomic E-state index is 0.117. The first-order valence-electron chi connectivity index (χ1n) is 11.3. The molecule has 1 aliphatic rings. The first-order chi connectivity index (χ1) is 16.7. The number of nitrogens with one attached hydrogen (secondary N) is 1. The number of fused-ring (bicyclic) bond motifs is 1. The van der Waals surface area contributed by atoms with E-state index in [4.69, 9.17) is 14.7 Å². The van der Waals surface area contributed by atoms with Gasteiger partial charge in [-0.05, 0) is 41.3 Å². The fourth-order valence-corrected chi connectivity index (χ4v) is 4.81. The molecule has 3 heterocycles. The Bertz CT molecular complexity index is 1280. The Morgan fingerprint density at radius 1 is 1.03 bits per heavy atom. The van der Waals surface area contributed by atoms with E-state index >= 15 is 0 Å². The van der Waals surface area contributed by atoms with E-state index in [0.717, 1.165) is 46.9 Å². The molecular weight excluding hydrogens is 446 g/mol. The van der Waals surface area contributed by atoms with Crippen LogP contribution in [0.5, 0.6) is 5.75 Å². The van der Waals surface area contributed by atoms with Gasteiger partial charge in [0, 0.05) is 29.9 Å². The zero-order chi connectivity index (χ0) is 23.3. The number of nitrogens with zero attached hydrogens (tertiary/aromatic N) is 4. The van der Waals surface area contributed by atoms with Gasteiger partial charge in [0.05, 0.1) is 32.3 Å². The first kappa shape index (κ1) is 22.3. The Morgan fingerprint density at radius 3 is 2.76 bits per heavy atom. The molecule has 1 fully saturated rings. The summed E-state index contributed by atoms with van der Waals surface area (Å²) in [5.74, 6) is 2.48. The maximum atomic E-state index is 12.9. The van der Waals surface area contributed by atoms with Crippen LogP contribution in [0.15, 0.2) is 66.0 Å². The molecule has 4 aromatic rings. The summed E-state index contributed by atoms with van der Waals surface area (Å²) in [5.41, 5.74) is 1.98. The van der Waals surface area contributed by atoms with Gasteiger partial charge >= 0.3 is 0 Å². The number of para-hydroxylation sites is 1. The molecule has 0 radical (unpaired) electrons. The molecule has 0 bridgehead atoms. The van der Waals surface area contributed by atoms with Gasteiger partial charge in [-0.25, -0.2) is 9.97 Å². The molecule has 1 saturated heterocycles. The lowest BCUT2D eigenvalue weighted by molar-refractivity contribution is -0.136. The summed E-state index contributed by atoms with van der Waals surface area (Å²) in [4.78, 5) is 27.7. The molecule has 34 heavy (non-hydrogen) atoms. The standard InChI is InChI=1S/C26H27N5O2S/c1-33-20-7-4-6-19(14-20)16-31-12-11-30(18-25(31)32)17-24-28-23-10-3-2-9-22(23)26(29-24)27-15-21-8-5-13-34-21/h2-10,13-14H,11-12,15-18H2,1H3,(H,27,28,29). The lowest BCUT2D eigenvalue weighted by Crippen LogP contribution is -2.49. The molecule has 2 aromatic heterocycles. The van der Waals surface area contributed by atoms with Gasteiger partial charge in [0.2, 0.25) is 5.91 Å². The van der Waals surface area contributed by atoms with Crippen molar-refractivity contribution in [3.63, 3.8) is 0 Å². The number of thiophene rings is 1. The van der Waals surface area contributed by atoms with Crippen LogP contribution in [0.2, 0.25) is 0 Å². The zero-order valence-electron chi connectivity index (χ0n) is 19.1. The lowest BCUT2D eigenvalue weighted by atomic mass is 10.2. The topological polar surface area (TPSA) is 70.6 Å². The van der Waals surface area contributed by atoms with Gasteiger partial charge in [0.15, 0.2) is 0 Å². The SMILES string of the molecule is COc1cccc(CN2CCN(Cc3nc(NCc4cccs4)c4ccccc4n3)CC2=O)c1. The smallest absolute Gasteiger partial charge is 0.237 e. The van der Waals surface area contributed by atoms with E-state index in [9.17, 15) is 4.79 Å². The number of aromatic nitrogens is 2. The van der Waals surface area contributed by atoms with Gasteiger partial charge < -0.3 is 15.0 Å². The Balaban J connectivity index is 1.26. The molecule has 0 atom stereocenters. The van der Waals surface area contributed by atoms with E-state index in [0.29, 0.717) is 26.2 Å². The van der Waals surface area contributed by atoms with Crippen molar-refractivity contribution < 1.29 is 9.53 Å². The highest BCUT2D eigenvalue weighted by Crippen LogP contribution is 2.23. The van der Waals surface area contributed by atoms with Gasteiger partial charge in [-0.1, -0.05) is 30.3 Å². The van der Waals surface area contributed by atoms with E-state index in [1.165, 1.54) is 4.88 Å². The number of carbonyl (C=O) groups excluding carboxylic acids is 1. The summed E-state index contributed by atoms with van der Waals surface area (Å²) in [7, 11) is 1.65. The number of piperazine rings is 1. The maximum absolute atomic E-state index is 12.9. The highest BCUT2D eigenvalue weighted by atomic mass is 32.1. The predicted octanol–water partition coefficient (Wildman–Crippen LogP) is 4.16. The van der Waals surface area contributed by atoms with Crippen molar-refractivity contribution in [2.45, 2.75) is 19.6 Å². The summed E-state index contributed by atoms with van der Waals surface area (Å²) in [5, 5.41) is 6.55. The summed E-state index contributed by atoms with van der Waals surface area (Å²) >= 11 is 1.72. The molecule has 2 aromatic carbocycles. The molecule has 7 nitrogen and oxygen atoms in total. The largest absolute Gasteiger partial charge is 0.497 e. The molecule has 1 amide bonds. The van der Waals surface area contributed by atoms with Gasteiger partial charge in [-0.15, -0.1) is 11.3 Å². The molecule has 8 heteroatoms. The van der Waals surface area contributed by atoms with E-state index in [1.807, 2.05) is 53.4 Å². The van der Waals surface area contributed by atoms with Crippen molar-refractivity contribution in [1.82, 2.24) is 19.8 Å². The van der Waals surface area contributed by atoms with E-state index < -0.39 is 0 Å². The van der Waals surface area contributed by atoms with Crippen LogP contribution >= 0.6 is 11.3 Å². The van der Waals surface area contributed by atoms with E-state index in [-0.39, 0.29) is 5.91 Å². The Kier molecular flexibility index (Phi) is 6.69. The van der Waals surface area contributed by atoms with Crippen LogP contribution in [0, 0.1) is 0 Å². The van der Waals surface area contributed by atoms with Crippen molar-refractivity contribution >= 4 is 34.0 Å². The second kappa shape index (κ2) is 10.2. The summed E-state index contributed by atoms with van der Waals surface area (Å²) in [6.45, 7) is 3.67. The summed E-state index contributed by atoms with van der Waals surface area (Å²) < 4.78 is 5.30. The Morgan fingerprint density at radius 2 is 1.94 bits per heavy atom. The highest BCUT2D eigenvalue weighted by molar-refractivity contribution is 7.09. The minimum Gasteiger partial charge on any atom is -0.497 e. The predicted molar refractivity (Wildman–Crippen MR) is 135 cm³/mol. The molecule has 0 aliphatic carbocycles. The third kappa shape index (κ3) is 5.18. The Labute approximate surface area is 203 Å². The number of anilines is 1. The van der Waals surface area contributed by atoms with Crippen molar-refractivity contribution in [1.29, 1.82) is 0 Å². The zero-order valence-corrected chi connectivity index (χ0v) is 19.9. The number of methoxy groups -OCH3 is 1. The van der Waals surface area contributed by atoms with Crippen LogP contribution in [-0.2, 0) is 24.4 Å². The highest BCUT2D eigenvalue weighted by Gasteiger charge is 2.25. The van der Waals surface area contributed by atoms with Crippen molar-refractivity contribution in [2.75, 3.05) is 32.1 Å². The third-order valence-electron chi connectivity index (χ3n) is 5.93. The van der Waals surface area contributed by atoms with Crippen LogP contribution in [-0.4, -0.2) is 52.4 Å². The molecule has 0 saturated carbocycles. The fraction of sp³-hybridized carbons (Fsp3) is 0.269. The molecule has 5 rings (SSSR count). The number of rotatable bonds is 8. The van der Waals surface area contributed by atoms with Crippen molar-refractivity contribution in [3.05, 3.63) is 82.3 Å². The molecular formula is C26H27N5O2S. The van der Waals surface area contributed by atoms with Crippen LogP contribution in [0.3, 0.4) is 0 Å². The van der Waals surface area contributed by atoms with Gasteiger partial charge in [0.25, 0.3) is 0 Å². The van der Waals surface area contributed by atoms with Crippen LogP contribution < -0.4 is 10.1 Å². The van der Waals surface area contributed by atoms with Crippen LogP contribution in [0.4, 0.5) is 5.82 Å². The van der Waals surface area contributed by atoms with Gasteiger partial charge in [0.1, 0.15) is 17.4 Å². The number of carbonyl (C=O) groups is 1. The fourth-order valence-electron chi connectivity index (χ4n) is 4.16. The molecule has 174 valence electrons. The molecule has 0 spiro atoms. The van der Waals surface area contributed by atoms with Gasteiger partial charge in [-0.2, -0.15) is 0 Å². The number of benzene rings is 2. The normalized spacial score (nSPS) is 14.5. The second-order valence-electron chi connectivity index (χ2n) is 8.32. The third-order valence-corrected chi connectivity index (χ3v) is 6.81. The Hall–Kier alpha value is -3.49. The quantitative estimate of drug-likeness (QED) is 0.415. The molecule has 1 N–H and O–H groups in total. The number of hydrogen-bond donors (Lipinski definition) is 1. The van der Waals surface area contributed by atoms with Crippen molar-refractivity contribution in [2.24, 2.45) is 0 Å². The van der Waals surface area contributed by atoms with Crippen LogP contribution in [0.25, 0.3) is 10.9 Å². The number of amides is 1. The van der Waals surface area contributed by atoms with Crippen molar-refractivity contribution in [3.8, 4) is 5.75 Å². The number of ether oxygens (including phenoxy) is 1. The van der Waals surface area contributed by atoms with E-state index in [2.05, 4.69) is 27.7 Å². The summed E-state index contributed by atoms with van der Waals surface area (Å²) in [6, 6.07) is 20.1. The monoisotopic (exact) mass is 473 g/mol.